The van der Waals surface area contributed by atoms with Crippen LogP contribution in [0.2, 0.25) is 0 Å². The summed E-state index contributed by atoms with van der Waals surface area (Å²) in [6.07, 6.45) is -0.244. The number of hydrogen-bond acceptors (Lipinski definition) is 7. The van der Waals surface area contributed by atoms with Gasteiger partial charge in [0.15, 0.2) is 6.10 Å². The number of benzene rings is 2. The first-order valence-corrected chi connectivity index (χ1v) is 10.4. The highest BCUT2D eigenvalue weighted by Gasteiger charge is 2.41. The van der Waals surface area contributed by atoms with Gasteiger partial charge in [0.25, 0.3) is 0 Å². The van der Waals surface area contributed by atoms with Gasteiger partial charge in [0.05, 0.1) is 12.8 Å². The Labute approximate surface area is 176 Å². The molecule has 2 atom stereocenters. The highest BCUT2D eigenvalue weighted by molar-refractivity contribution is 7.10. The van der Waals surface area contributed by atoms with E-state index in [1.165, 1.54) is 0 Å². The highest BCUT2D eigenvalue weighted by atomic mass is 32.1. The summed E-state index contributed by atoms with van der Waals surface area (Å²) in [6, 6.07) is 20.0. The van der Waals surface area contributed by atoms with Crippen LogP contribution in [-0.4, -0.2) is 27.3 Å². The lowest BCUT2D eigenvalue weighted by Crippen LogP contribution is -2.32. The van der Waals surface area contributed by atoms with Crippen LogP contribution in [0.4, 0.5) is 5.95 Å². The number of nitrogens with one attached hydrogen (secondary N) is 1. The van der Waals surface area contributed by atoms with Gasteiger partial charge in [0, 0.05) is 16.0 Å². The van der Waals surface area contributed by atoms with Crippen LogP contribution in [0.3, 0.4) is 0 Å². The van der Waals surface area contributed by atoms with E-state index in [4.69, 9.17) is 9.47 Å². The van der Waals surface area contributed by atoms with Gasteiger partial charge in [-0.1, -0.05) is 35.4 Å². The summed E-state index contributed by atoms with van der Waals surface area (Å²) in [7, 11) is 1.67. The van der Waals surface area contributed by atoms with Crippen LogP contribution in [0, 0.1) is 0 Å². The quantitative estimate of drug-likeness (QED) is 0.538. The standard InChI is InChI=1S/C22H17N5O2S/c1-28-14-10-8-13(9-11-14)20-18-19(23-22-24-25-26-27(20)22)15-5-2-3-6-16(15)29-21(18)17-7-4-12-30-17/h2-12,20-21H,1H3,(H,23,24,26)/t20-,21-/m0/s1. The first-order valence-electron chi connectivity index (χ1n) is 9.56. The van der Waals surface area contributed by atoms with Crippen molar-refractivity contribution < 1.29 is 9.47 Å². The molecule has 0 amide bonds. The van der Waals surface area contributed by atoms with Crippen molar-refractivity contribution in [3.8, 4) is 11.5 Å². The van der Waals surface area contributed by atoms with Crippen LogP contribution < -0.4 is 14.8 Å². The van der Waals surface area contributed by atoms with Gasteiger partial charge in [-0.3, -0.25) is 0 Å². The summed E-state index contributed by atoms with van der Waals surface area (Å²) in [4.78, 5) is 1.13. The van der Waals surface area contributed by atoms with E-state index < -0.39 is 0 Å². The van der Waals surface area contributed by atoms with Crippen LogP contribution in [0.1, 0.15) is 28.1 Å². The molecule has 0 bridgehead atoms. The van der Waals surface area contributed by atoms with E-state index in [0.717, 1.165) is 38.8 Å². The van der Waals surface area contributed by atoms with Crippen LogP contribution in [0.25, 0.3) is 5.70 Å². The molecule has 0 spiro atoms. The molecule has 0 saturated heterocycles. The molecule has 0 unspecified atom stereocenters. The largest absolute Gasteiger partial charge is 0.497 e. The average Bonchev–Trinajstić information content (AvgIpc) is 3.49. The molecular weight excluding hydrogens is 398 g/mol. The van der Waals surface area contributed by atoms with Crippen molar-refractivity contribution >= 4 is 23.0 Å². The smallest absolute Gasteiger partial charge is 0.248 e. The number of hydrogen-bond donors (Lipinski definition) is 1. The number of nitrogens with zero attached hydrogens (tertiary/aromatic N) is 4. The maximum absolute atomic E-state index is 6.54. The second kappa shape index (κ2) is 6.70. The molecule has 2 aliphatic rings. The third kappa shape index (κ3) is 2.54. The number of para-hydroxylation sites is 1. The summed E-state index contributed by atoms with van der Waals surface area (Å²) >= 11 is 1.68. The van der Waals surface area contributed by atoms with E-state index in [1.54, 1.807) is 18.4 Å². The molecule has 30 heavy (non-hydrogen) atoms. The lowest BCUT2D eigenvalue weighted by molar-refractivity contribution is 0.226. The third-order valence-electron chi connectivity index (χ3n) is 5.47. The molecule has 2 aromatic carbocycles. The number of methoxy groups -OCH3 is 1. The number of tetrazole rings is 1. The number of fused-ring (bicyclic) bond motifs is 3. The summed E-state index contributed by atoms with van der Waals surface area (Å²) in [5.74, 6) is 2.26. The Morgan fingerprint density at radius 2 is 1.93 bits per heavy atom. The second-order valence-corrected chi connectivity index (χ2v) is 8.07. The molecule has 8 heteroatoms. The minimum Gasteiger partial charge on any atom is -0.497 e. The molecule has 4 heterocycles. The molecule has 1 N–H and O–H groups in total. The lowest BCUT2D eigenvalue weighted by atomic mass is 9.86. The number of ether oxygens (including phenoxy) is 2. The molecule has 4 aromatic rings. The van der Waals surface area contributed by atoms with Crippen LogP contribution >= 0.6 is 11.3 Å². The molecule has 7 nitrogen and oxygen atoms in total. The fourth-order valence-corrected chi connectivity index (χ4v) is 4.89. The molecule has 0 aliphatic carbocycles. The van der Waals surface area contributed by atoms with Crippen LogP contribution in [0.5, 0.6) is 11.5 Å². The van der Waals surface area contributed by atoms with Gasteiger partial charge >= 0.3 is 0 Å². The molecular formula is C22H17N5O2S. The molecule has 0 radical (unpaired) electrons. The Hall–Kier alpha value is -3.65. The molecule has 2 aromatic heterocycles. The Morgan fingerprint density at radius 3 is 2.73 bits per heavy atom. The van der Waals surface area contributed by atoms with Crippen molar-refractivity contribution in [2.75, 3.05) is 12.4 Å². The fourth-order valence-electron chi connectivity index (χ4n) is 4.12. The van der Waals surface area contributed by atoms with Gasteiger partial charge in [0.1, 0.15) is 17.5 Å². The average molecular weight is 415 g/mol. The van der Waals surface area contributed by atoms with E-state index in [9.17, 15) is 0 Å². The molecule has 0 saturated carbocycles. The first-order chi connectivity index (χ1) is 14.8. The Balaban J connectivity index is 1.61. The van der Waals surface area contributed by atoms with Crippen molar-refractivity contribution in [1.82, 2.24) is 20.2 Å². The van der Waals surface area contributed by atoms with Crippen molar-refractivity contribution in [3.05, 3.63) is 87.6 Å². The van der Waals surface area contributed by atoms with E-state index in [2.05, 4.69) is 50.5 Å². The molecule has 148 valence electrons. The molecule has 2 aliphatic heterocycles. The lowest BCUT2D eigenvalue weighted by Gasteiger charge is -2.38. The van der Waals surface area contributed by atoms with Gasteiger partial charge in [-0.05, 0) is 51.7 Å². The summed E-state index contributed by atoms with van der Waals surface area (Å²) in [5.41, 5.74) is 4.15. The Kier molecular flexibility index (Phi) is 3.85. The van der Waals surface area contributed by atoms with E-state index in [1.807, 2.05) is 41.1 Å². The summed E-state index contributed by atoms with van der Waals surface area (Å²) in [6.45, 7) is 0. The predicted octanol–water partition coefficient (Wildman–Crippen LogP) is 4.30. The number of thiophene rings is 1. The maximum Gasteiger partial charge on any atom is 0.248 e. The summed E-state index contributed by atoms with van der Waals surface area (Å²) < 4.78 is 13.7. The van der Waals surface area contributed by atoms with Gasteiger partial charge in [-0.15, -0.1) is 11.3 Å². The minimum atomic E-state index is -0.244. The zero-order chi connectivity index (χ0) is 20.1. The number of aromatic nitrogens is 4. The van der Waals surface area contributed by atoms with Gasteiger partial charge in [-0.2, -0.15) is 4.68 Å². The van der Waals surface area contributed by atoms with Crippen molar-refractivity contribution in [2.24, 2.45) is 0 Å². The van der Waals surface area contributed by atoms with Crippen molar-refractivity contribution in [1.29, 1.82) is 0 Å². The molecule has 6 rings (SSSR count). The number of anilines is 1. The number of rotatable bonds is 3. The topological polar surface area (TPSA) is 74.1 Å². The van der Waals surface area contributed by atoms with Crippen molar-refractivity contribution in [2.45, 2.75) is 12.1 Å². The minimum absolute atomic E-state index is 0.211. The fraction of sp³-hybridized carbons (Fsp3) is 0.136. The second-order valence-electron chi connectivity index (χ2n) is 7.09. The Bertz CT molecular complexity index is 1250. The molecule has 0 fully saturated rings. The SMILES string of the molecule is COc1ccc([C@H]2C3=C(Nc4nnnn42)c2ccccc2O[C@H]3c2cccs2)cc1. The van der Waals surface area contributed by atoms with Gasteiger partial charge in [0.2, 0.25) is 5.95 Å². The van der Waals surface area contributed by atoms with Gasteiger partial charge in [-0.25, -0.2) is 0 Å². The van der Waals surface area contributed by atoms with E-state index in [-0.39, 0.29) is 12.1 Å². The van der Waals surface area contributed by atoms with Gasteiger partial charge < -0.3 is 14.8 Å². The van der Waals surface area contributed by atoms with E-state index >= 15 is 0 Å². The van der Waals surface area contributed by atoms with E-state index in [0.29, 0.717) is 5.95 Å². The van der Waals surface area contributed by atoms with Crippen molar-refractivity contribution in [3.63, 3.8) is 0 Å². The zero-order valence-corrected chi connectivity index (χ0v) is 16.8. The monoisotopic (exact) mass is 415 g/mol. The zero-order valence-electron chi connectivity index (χ0n) is 16.0. The van der Waals surface area contributed by atoms with Crippen LogP contribution in [-0.2, 0) is 0 Å². The normalized spacial score (nSPS) is 19.2. The summed E-state index contributed by atoms with van der Waals surface area (Å²) in [5, 5.41) is 18.0. The van der Waals surface area contributed by atoms with Crippen LogP contribution in [0.15, 0.2) is 71.6 Å². The first kappa shape index (κ1) is 17.2. The highest BCUT2D eigenvalue weighted by Crippen LogP contribution is 2.51. The third-order valence-corrected chi connectivity index (χ3v) is 6.39. The maximum atomic E-state index is 6.54. The Morgan fingerprint density at radius 1 is 1.07 bits per heavy atom. The predicted molar refractivity (Wildman–Crippen MR) is 114 cm³/mol.